The minimum atomic E-state index is 0.124. The van der Waals surface area contributed by atoms with E-state index in [-0.39, 0.29) is 5.91 Å². The average molecular weight is 437 g/mol. The molecule has 31 heavy (non-hydrogen) atoms. The van der Waals surface area contributed by atoms with Gasteiger partial charge in [-0.25, -0.2) is 0 Å². The number of aromatic nitrogens is 1. The lowest BCUT2D eigenvalue weighted by atomic mass is 10.0. The van der Waals surface area contributed by atoms with Crippen LogP contribution in [0.3, 0.4) is 0 Å². The van der Waals surface area contributed by atoms with Gasteiger partial charge in [0.2, 0.25) is 0 Å². The molecule has 5 nitrogen and oxygen atoms in total. The Morgan fingerprint density at radius 1 is 1.06 bits per heavy atom. The van der Waals surface area contributed by atoms with Crippen molar-refractivity contribution >= 4 is 28.8 Å². The van der Waals surface area contributed by atoms with Gasteiger partial charge in [0.25, 0.3) is 5.91 Å². The number of benzene rings is 2. The summed E-state index contributed by atoms with van der Waals surface area (Å²) in [5, 5.41) is 4.97. The van der Waals surface area contributed by atoms with E-state index in [1.165, 1.54) is 5.56 Å². The fourth-order valence-corrected chi connectivity index (χ4v) is 4.65. The van der Waals surface area contributed by atoms with E-state index < -0.39 is 0 Å². The molecule has 2 heterocycles. The quantitative estimate of drug-likeness (QED) is 0.538. The summed E-state index contributed by atoms with van der Waals surface area (Å²) >= 11 is 1.78. The summed E-state index contributed by atoms with van der Waals surface area (Å²) in [6.45, 7) is 10.9. The van der Waals surface area contributed by atoms with Gasteiger partial charge in [0.15, 0.2) is 0 Å². The minimum Gasteiger partial charge on any atom is -0.336 e. The smallest absolute Gasteiger partial charge is 0.253 e. The maximum absolute atomic E-state index is 12.8. The first-order valence-corrected chi connectivity index (χ1v) is 12.0. The number of nitrogens with one attached hydrogen (secondary N) is 2. The Hall–Kier alpha value is -2.28. The van der Waals surface area contributed by atoms with E-state index in [9.17, 15) is 4.79 Å². The second-order valence-electron chi connectivity index (χ2n) is 8.51. The molecule has 1 fully saturated rings. The van der Waals surface area contributed by atoms with Crippen molar-refractivity contribution in [2.75, 3.05) is 32.7 Å². The molecule has 1 amide bonds. The zero-order valence-electron chi connectivity index (χ0n) is 18.6. The van der Waals surface area contributed by atoms with Gasteiger partial charge in [-0.1, -0.05) is 44.9 Å². The molecule has 3 aromatic rings. The third-order valence-corrected chi connectivity index (χ3v) is 6.59. The molecule has 0 spiro atoms. The molecule has 0 radical (unpaired) electrons. The highest BCUT2D eigenvalue weighted by molar-refractivity contribution is 7.97. The highest BCUT2D eigenvalue weighted by Crippen LogP contribution is 2.24. The normalized spacial score (nSPS) is 15.5. The van der Waals surface area contributed by atoms with Gasteiger partial charge in [0.1, 0.15) is 0 Å². The predicted octanol–water partition coefficient (Wildman–Crippen LogP) is 4.43. The number of carbonyl (C=O) groups is 1. The van der Waals surface area contributed by atoms with Crippen LogP contribution in [0.25, 0.3) is 16.6 Å². The highest BCUT2D eigenvalue weighted by atomic mass is 32.2. The summed E-state index contributed by atoms with van der Waals surface area (Å²) < 4.78 is 5.65. The van der Waals surface area contributed by atoms with E-state index in [1.807, 2.05) is 17.0 Å². The lowest BCUT2D eigenvalue weighted by Gasteiger charge is -2.27. The van der Waals surface area contributed by atoms with Gasteiger partial charge in [0.05, 0.1) is 5.52 Å². The van der Waals surface area contributed by atoms with Crippen LogP contribution in [-0.4, -0.2) is 53.3 Å². The Kier molecular flexibility index (Phi) is 7.00. The molecule has 6 heteroatoms. The number of rotatable bonds is 7. The minimum absolute atomic E-state index is 0.124. The SMILES string of the molecule is CC(C)SNCC(C)c1ccc(-n2ccc3cc(C(=O)N4CCNCC4)ccc32)cc1. The summed E-state index contributed by atoms with van der Waals surface area (Å²) in [4.78, 5) is 14.8. The molecule has 0 aliphatic carbocycles. The zero-order valence-corrected chi connectivity index (χ0v) is 19.4. The van der Waals surface area contributed by atoms with Crippen LogP contribution in [0.4, 0.5) is 0 Å². The van der Waals surface area contributed by atoms with Gasteiger partial charge in [-0.3, -0.25) is 9.52 Å². The summed E-state index contributed by atoms with van der Waals surface area (Å²) in [5.74, 6) is 0.582. The Morgan fingerprint density at radius 2 is 1.81 bits per heavy atom. The van der Waals surface area contributed by atoms with Crippen LogP contribution >= 0.6 is 11.9 Å². The van der Waals surface area contributed by atoms with Crippen molar-refractivity contribution in [3.63, 3.8) is 0 Å². The van der Waals surface area contributed by atoms with Crippen molar-refractivity contribution in [2.24, 2.45) is 0 Å². The van der Waals surface area contributed by atoms with Crippen LogP contribution in [-0.2, 0) is 0 Å². The van der Waals surface area contributed by atoms with Crippen molar-refractivity contribution in [1.82, 2.24) is 19.5 Å². The number of fused-ring (bicyclic) bond motifs is 1. The van der Waals surface area contributed by atoms with Crippen LogP contribution < -0.4 is 10.0 Å². The van der Waals surface area contributed by atoms with Gasteiger partial charge >= 0.3 is 0 Å². The first-order valence-electron chi connectivity index (χ1n) is 11.1. The zero-order chi connectivity index (χ0) is 21.8. The lowest BCUT2D eigenvalue weighted by molar-refractivity contribution is 0.0736. The molecule has 1 atom stereocenters. The molecule has 0 saturated carbocycles. The fourth-order valence-electron chi connectivity index (χ4n) is 3.97. The Bertz CT molecular complexity index is 1020. The third kappa shape index (κ3) is 5.14. The number of hydrogen-bond acceptors (Lipinski definition) is 4. The van der Waals surface area contributed by atoms with E-state index in [0.29, 0.717) is 11.2 Å². The number of carbonyl (C=O) groups excluding carboxylic acids is 1. The standard InChI is InChI=1S/C25H32N4OS/c1-18(2)31-27-17-19(3)20-4-7-23(8-5-20)29-13-10-21-16-22(6-9-24(21)29)25(30)28-14-11-26-12-15-28/h4-10,13,16,18-19,26-27H,11-12,14-15,17H2,1-3H3. The van der Waals surface area contributed by atoms with Gasteiger partial charge < -0.3 is 14.8 Å². The summed E-state index contributed by atoms with van der Waals surface area (Å²) in [6, 6.07) is 16.9. The van der Waals surface area contributed by atoms with E-state index in [1.54, 1.807) is 11.9 Å². The maximum Gasteiger partial charge on any atom is 0.253 e. The largest absolute Gasteiger partial charge is 0.336 e. The number of amides is 1. The molecular formula is C25H32N4OS. The van der Waals surface area contributed by atoms with Crippen molar-refractivity contribution in [1.29, 1.82) is 0 Å². The third-order valence-electron chi connectivity index (χ3n) is 5.79. The monoisotopic (exact) mass is 436 g/mol. The molecule has 2 N–H and O–H groups in total. The van der Waals surface area contributed by atoms with Crippen molar-refractivity contribution in [3.8, 4) is 5.69 Å². The van der Waals surface area contributed by atoms with E-state index >= 15 is 0 Å². The summed E-state index contributed by atoms with van der Waals surface area (Å²) in [7, 11) is 0. The molecule has 1 aliphatic heterocycles. The molecular weight excluding hydrogens is 404 g/mol. The molecule has 1 aromatic heterocycles. The Labute approximate surface area is 189 Å². The van der Waals surface area contributed by atoms with Crippen LogP contribution in [0, 0.1) is 0 Å². The summed E-state index contributed by atoms with van der Waals surface area (Å²) in [5.41, 5.74) is 4.35. The summed E-state index contributed by atoms with van der Waals surface area (Å²) in [6.07, 6.45) is 2.09. The van der Waals surface area contributed by atoms with Gasteiger partial charge in [-0.15, -0.1) is 0 Å². The van der Waals surface area contributed by atoms with Crippen LogP contribution in [0.15, 0.2) is 54.7 Å². The Morgan fingerprint density at radius 3 is 2.52 bits per heavy atom. The van der Waals surface area contributed by atoms with E-state index in [2.05, 4.69) is 78.0 Å². The average Bonchev–Trinajstić information content (AvgIpc) is 3.22. The highest BCUT2D eigenvalue weighted by Gasteiger charge is 2.18. The van der Waals surface area contributed by atoms with Crippen LogP contribution in [0.5, 0.6) is 0 Å². The molecule has 1 aliphatic rings. The molecule has 4 rings (SSSR count). The van der Waals surface area contributed by atoms with Gasteiger partial charge in [-0.2, -0.15) is 0 Å². The first kappa shape index (κ1) is 21.9. The van der Waals surface area contributed by atoms with E-state index in [4.69, 9.17) is 0 Å². The first-order chi connectivity index (χ1) is 15.0. The van der Waals surface area contributed by atoms with Gasteiger partial charge in [0, 0.05) is 60.8 Å². The molecule has 0 bridgehead atoms. The number of hydrogen-bond donors (Lipinski definition) is 2. The second kappa shape index (κ2) is 9.90. The van der Waals surface area contributed by atoms with Crippen molar-refractivity contribution in [2.45, 2.75) is 31.9 Å². The van der Waals surface area contributed by atoms with Crippen molar-refractivity contribution in [3.05, 3.63) is 65.9 Å². The number of piperazine rings is 1. The molecule has 1 unspecified atom stereocenters. The number of nitrogens with zero attached hydrogens (tertiary/aromatic N) is 2. The fraction of sp³-hybridized carbons (Fsp3) is 0.400. The van der Waals surface area contributed by atoms with E-state index in [0.717, 1.165) is 54.9 Å². The molecule has 2 aromatic carbocycles. The molecule has 164 valence electrons. The van der Waals surface area contributed by atoms with Crippen molar-refractivity contribution < 1.29 is 4.79 Å². The van der Waals surface area contributed by atoms with Crippen LogP contribution in [0.1, 0.15) is 42.6 Å². The topological polar surface area (TPSA) is 49.3 Å². The predicted molar refractivity (Wildman–Crippen MR) is 131 cm³/mol. The molecule has 1 saturated heterocycles. The second-order valence-corrected chi connectivity index (χ2v) is 9.98. The lowest BCUT2D eigenvalue weighted by Crippen LogP contribution is -2.46. The van der Waals surface area contributed by atoms with Crippen LogP contribution in [0.2, 0.25) is 0 Å². The Balaban J connectivity index is 1.49. The maximum atomic E-state index is 12.8. The van der Waals surface area contributed by atoms with Gasteiger partial charge in [-0.05, 0) is 47.9 Å².